The molecular weight excluding hydrogens is 278 g/mol. The number of rotatable bonds is 3. The summed E-state index contributed by atoms with van der Waals surface area (Å²) in [7, 11) is 0. The molecule has 0 aromatic heterocycles. The van der Waals surface area contributed by atoms with E-state index in [9.17, 15) is 9.59 Å². The van der Waals surface area contributed by atoms with Crippen LogP contribution in [0.1, 0.15) is 52.6 Å². The van der Waals surface area contributed by atoms with E-state index in [4.69, 9.17) is 4.74 Å². The second-order valence-electron chi connectivity index (χ2n) is 6.97. The van der Waals surface area contributed by atoms with E-state index in [0.29, 0.717) is 0 Å². The number of likely N-dealkylation sites (tertiary alicyclic amines) is 1. The van der Waals surface area contributed by atoms with Gasteiger partial charge in [-0.15, -0.1) is 0 Å². The Morgan fingerprint density at radius 1 is 1.27 bits per heavy atom. The first kappa shape index (κ1) is 16.5. The Morgan fingerprint density at radius 2 is 1.86 bits per heavy atom. The van der Waals surface area contributed by atoms with E-state index in [1.165, 1.54) is 0 Å². The summed E-state index contributed by atoms with van der Waals surface area (Å²) in [5.41, 5.74) is 0.547. The lowest BCUT2D eigenvalue weighted by molar-refractivity contribution is -0.160. The van der Waals surface area contributed by atoms with Gasteiger partial charge in [0.05, 0.1) is 12.0 Å². The van der Waals surface area contributed by atoms with Gasteiger partial charge in [-0.1, -0.05) is 30.3 Å². The minimum Gasteiger partial charge on any atom is -0.460 e. The Labute approximate surface area is 132 Å². The van der Waals surface area contributed by atoms with Gasteiger partial charge in [-0.25, -0.2) is 0 Å². The zero-order chi connectivity index (χ0) is 16.5. The van der Waals surface area contributed by atoms with E-state index in [0.717, 1.165) is 5.56 Å². The summed E-state index contributed by atoms with van der Waals surface area (Å²) in [6.45, 7) is 9.46. The molecule has 2 rings (SSSR count). The second kappa shape index (κ2) is 6.11. The maximum Gasteiger partial charge on any atom is 0.312 e. The van der Waals surface area contributed by atoms with Crippen LogP contribution in [0.25, 0.3) is 0 Å². The van der Waals surface area contributed by atoms with Crippen molar-refractivity contribution in [1.82, 2.24) is 4.90 Å². The quantitative estimate of drug-likeness (QED) is 0.805. The summed E-state index contributed by atoms with van der Waals surface area (Å²) in [5.74, 6) is -0.659. The van der Waals surface area contributed by atoms with E-state index in [-0.39, 0.29) is 30.4 Å². The third kappa shape index (κ3) is 3.49. The molecule has 2 unspecified atom stereocenters. The van der Waals surface area contributed by atoms with Crippen molar-refractivity contribution in [3.05, 3.63) is 35.9 Å². The van der Waals surface area contributed by atoms with Crippen LogP contribution in [0.15, 0.2) is 30.3 Å². The number of hydrogen-bond acceptors (Lipinski definition) is 3. The van der Waals surface area contributed by atoms with Crippen LogP contribution in [0.3, 0.4) is 0 Å². The Morgan fingerprint density at radius 3 is 2.41 bits per heavy atom. The highest BCUT2D eigenvalue weighted by molar-refractivity contribution is 5.88. The molecule has 1 aromatic carbocycles. The largest absolute Gasteiger partial charge is 0.460 e. The number of nitrogens with zero attached hydrogens (tertiary/aromatic N) is 1. The van der Waals surface area contributed by atoms with E-state index in [1.54, 1.807) is 0 Å². The smallest absolute Gasteiger partial charge is 0.312 e. The standard InChI is InChI=1S/C18H25NO3/c1-12(14-9-7-6-8-10-14)19-13(2)15(11-16(19)20)17(21)22-18(3,4)5/h6-10,12-13,15H,11H2,1-5H3/t12-,13?,15?/m1/s1. The van der Waals surface area contributed by atoms with Gasteiger partial charge in [-0.3, -0.25) is 9.59 Å². The van der Waals surface area contributed by atoms with Gasteiger partial charge in [-0.2, -0.15) is 0 Å². The zero-order valence-corrected chi connectivity index (χ0v) is 14.0. The van der Waals surface area contributed by atoms with Crippen molar-refractivity contribution in [3.63, 3.8) is 0 Å². The summed E-state index contributed by atoms with van der Waals surface area (Å²) in [6.07, 6.45) is 0.229. The number of hydrogen-bond donors (Lipinski definition) is 0. The first-order chi connectivity index (χ1) is 10.2. The molecule has 3 atom stereocenters. The minimum atomic E-state index is -0.529. The van der Waals surface area contributed by atoms with Crippen molar-refractivity contribution in [2.45, 2.75) is 58.7 Å². The van der Waals surface area contributed by atoms with Crippen LogP contribution in [0.2, 0.25) is 0 Å². The third-order valence-corrected chi connectivity index (χ3v) is 4.11. The lowest BCUT2D eigenvalue weighted by Gasteiger charge is -2.31. The molecule has 4 nitrogen and oxygen atoms in total. The minimum absolute atomic E-state index is 0.0136. The average Bonchev–Trinajstić information content (AvgIpc) is 2.72. The van der Waals surface area contributed by atoms with Crippen LogP contribution >= 0.6 is 0 Å². The lowest BCUT2D eigenvalue weighted by Crippen LogP contribution is -2.38. The number of carbonyl (C=O) groups is 2. The van der Waals surface area contributed by atoms with Gasteiger partial charge in [0.15, 0.2) is 0 Å². The summed E-state index contributed by atoms with van der Waals surface area (Å²) >= 11 is 0. The highest BCUT2D eigenvalue weighted by Crippen LogP contribution is 2.34. The topological polar surface area (TPSA) is 46.6 Å². The van der Waals surface area contributed by atoms with Crippen LogP contribution in [0.5, 0.6) is 0 Å². The SMILES string of the molecule is CC1C(C(=O)OC(C)(C)C)CC(=O)N1[C@H](C)c1ccccc1. The van der Waals surface area contributed by atoms with E-state index < -0.39 is 11.5 Å². The third-order valence-electron chi connectivity index (χ3n) is 4.11. The molecule has 0 aliphatic carbocycles. The molecule has 120 valence electrons. The van der Waals surface area contributed by atoms with Crippen molar-refractivity contribution < 1.29 is 14.3 Å². The van der Waals surface area contributed by atoms with E-state index in [2.05, 4.69) is 0 Å². The predicted molar refractivity (Wildman–Crippen MR) is 85.1 cm³/mol. The monoisotopic (exact) mass is 303 g/mol. The molecule has 22 heavy (non-hydrogen) atoms. The lowest BCUT2D eigenvalue weighted by atomic mass is 10.00. The van der Waals surface area contributed by atoms with Gasteiger partial charge in [0.2, 0.25) is 5.91 Å². The molecule has 0 N–H and O–H groups in total. The maximum absolute atomic E-state index is 12.4. The summed E-state index contributed by atoms with van der Waals surface area (Å²) in [4.78, 5) is 26.5. The van der Waals surface area contributed by atoms with Gasteiger partial charge >= 0.3 is 5.97 Å². The Kier molecular flexibility index (Phi) is 4.59. The Bertz CT molecular complexity index is 547. The summed E-state index contributed by atoms with van der Waals surface area (Å²) < 4.78 is 5.46. The van der Waals surface area contributed by atoms with Crippen molar-refractivity contribution >= 4 is 11.9 Å². The van der Waals surface area contributed by atoms with Gasteiger partial charge in [0, 0.05) is 12.5 Å². The molecule has 4 heteroatoms. The maximum atomic E-state index is 12.4. The highest BCUT2D eigenvalue weighted by atomic mass is 16.6. The van der Waals surface area contributed by atoms with E-state index in [1.807, 2.05) is 69.9 Å². The van der Waals surface area contributed by atoms with E-state index >= 15 is 0 Å². The van der Waals surface area contributed by atoms with Crippen LogP contribution in [-0.2, 0) is 14.3 Å². The predicted octanol–water partition coefficient (Wildman–Crippen LogP) is 3.33. The molecule has 1 aliphatic rings. The molecule has 0 spiro atoms. The van der Waals surface area contributed by atoms with Crippen molar-refractivity contribution in [2.75, 3.05) is 0 Å². The highest BCUT2D eigenvalue weighted by Gasteiger charge is 2.44. The number of benzene rings is 1. The van der Waals surface area contributed by atoms with Crippen LogP contribution in [0.4, 0.5) is 0 Å². The van der Waals surface area contributed by atoms with Gasteiger partial charge in [0.25, 0.3) is 0 Å². The Hall–Kier alpha value is -1.84. The fourth-order valence-corrected chi connectivity index (χ4v) is 3.00. The molecule has 1 saturated heterocycles. The fraction of sp³-hybridized carbons (Fsp3) is 0.556. The number of esters is 1. The van der Waals surface area contributed by atoms with Crippen LogP contribution < -0.4 is 0 Å². The molecule has 1 fully saturated rings. The fourth-order valence-electron chi connectivity index (χ4n) is 3.00. The Balaban J connectivity index is 2.15. The molecule has 0 bridgehead atoms. The van der Waals surface area contributed by atoms with Gasteiger partial charge in [0.1, 0.15) is 5.60 Å². The first-order valence-corrected chi connectivity index (χ1v) is 7.79. The zero-order valence-electron chi connectivity index (χ0n) is 14.0. The number of ether oxygens (including phenoxy) is 1. The molecule has 0 radical (unpaired) electrons. The van der Waals surface area contributed by atoms with Gasteiger partial charge in [-0.05, 0) is 40.2 Å². The number of amides is 1. The summed E-state index contributed by atoms with van der Waals surface area (Å²) in [5, 5.41) is 0. The van der Waals surface area contributed by atoms with Crippen LogP contribution in [-0.4, -0.2) is 28.4 Å². The molecular formula is C18H25NO3. The molecule has 1 heterocycles. The number of carbonyl (C=O) groups excluding carboxylic acids is 2. The van der Waals surface area contributed by atoms with Crippen molar-refractivity contribution in [3.8, 4) is 0 Å². The molecule has 1 aliphatic heterocycles. The average molecular weight is 303 g/mol. The van der Waals surface area contributed by atoms with Crippen molar-refractivity contribution in [2.24, 2.45) is 5.92 Å². The molecule has 1 amide bonds. The summed E-state index contributed by atoms with van der Waals surface area (Å²) in [6, 6.07) is 9.69. The van der Waals surface area contributed by atoms with Gasteiger partial charge < -0.3 is 9.64 Å². The van der Waals surface area contributed by atoms with Crippen LogP contribution in [0, 0.1) is 5.92 Å². The second-order valence-corrected chi connectivity index (χ2v) is 6.97. The van der Waals surface area contributed by atoms with Crippen molar-refractivity contribution in [1.29, 1.82) is 0 Å². The normalized spacial score (nSPS) is 23.5. The first-order valence-electron chi connectivity index (χ1n) is 7.79. The molecule has 0 saturated carbocycles. The molecule has 1 aromatic rings.